The summed E-state index contributed by atoms with van der Waals surface area (Å²) in [5.74, 6) is 0.110. The molecule has 1 saturated heterocycles. The first kappa shape index (κ1) is 12.4. The number of aliphatic hydroxyl groups excluding tert-OH is 1. The number of rotatable bonds is 2. The van der Waals surface area contributed by atoms with Gasteiger partial charge in [0, 0.05) is 18.1 Å². The molecule has 0 bridgehead atoms. The van der Waals surface area contributed by atoms with Gasteiger partial charge in [0.2, 0.25) is 5.91 Å². The Morgan fingerprint density at radius 3 is 2.76 bits per heavy atom. The largest absolute Gasteiger partial charge is 0.393 e. The molecule has 1 heterocycles. The summed E-state index contributed by atoms with van der Waals surface area (Å²) < 4.78 is 0. The molecule has 1 aliphatic rings. The van der Waals surface area contributed by atoms with E-state index in [2.05, 4.69) is 0 Å². The maximum Gasteiger partial charge on any atom is 0.226 e. The van der Waals surface area contributed by atoms with Crippen LogP contribution in [0.1, 0.15) is 18.4 Å². The van der Waals surface area contributed by atoms with Gasteiger partial charge in [0.1, 0.15) is 0 Å². The van der Waals surface area contributed by atoms with Crippen LogP contribution in [0.25, 0.3) is 0 Å². The van der Waals surface area contributed by atoms with Gasteiger partial charge in [0.25, 0.3) is 0 Å². The van der Waals surface area contributed by atoms with E-state index in [1.54, 1.807) is 6.07 Å². The second-order valence-corrected chi connectivity index (χ2v) is 4.86. The van der Waals surface area contributed by atoms with Gasteiger partial charge in [0.15, 0.2) is 0 Å². The first-order chi connectivity index (χ1) is 8.15. The molecule has 0 unspecified atom stereocenters. The van der Waals surface area contributed by atoms with Crippen molar-refractivity contribution in [3.63, 3.8) is 0 Å². The normalized spacial score (nSPS) is 17.2. The molecule has 4 heteroatoms. The summed E-state index contributed by atoms with van der Waals surface area (Å²) in [6.45, 7) is 1.31. The van der Waals surface area contributed by atoms with Gasteiger partial charge in [-0.05, 0) is 30.5 Å². The molecular formula is C13H16ClNO2. The van der Waals surface area contributed by atoms with Gasteiger partial charge in [-0.3, -0.25) is 4.79 Å². The Morgan fingerprint density at radius 2 is 2.12 bits per heavy atom. The number of aliphatic hydroxyl groups is 1. The second-order valence-electron chi connectivity index (χ2n) is 4.42. The quantitative estimate of drug-likeness (QED) is 0.874. The standard InChI is InChI=1S/C13H16ClNO2/c14-11-3-1-2-10(8-11)9-13(17)15-6-4-12(16)5-7-15/h1-3,8,12,16H,4-7,9H2. The molecule has 0 saturated carbocycles. The highest BCUT2D eigenvalue weighted by Gasteiger charge is 2.21. The average molecular weight is 254 g/mol. The molecule has 0 aliphatic carbocycles. The van der Waals surface area contributed by atoms with E-state index in [0.717, 1.165) is 5.56 Å². The van der Waals surface area contributed by atoms with Gasteiger partial charge in [-0.15, -0.1) is 0 Å². The average Bonchev–Trinajstić information content (AvgIpc) is 2.29. The van der Waals surface area contributed by atoms with Crippen molar-refractivity contribution in [2.45, 2.75) is 25.4 Å². The Bertz CT molecular complexity index is 400. The molecule has 1 amide bonds. The monoisotopic (exact) mass is 253 g/mol. The van der Waals surface area contributed by atoms with Crippen LogP contribution in [0.3, 0.4) is 0 Å². The third kappa shape index (κ3) is 3.45. The Morgan fingerprint density at radius 1 is 1.41 bits per heavy atom. The summed E-state index contributed by atoms with van der Waals surface area (Å²) in [6.07, 6.45) is 1.50. The Balaban J connectivity index is 1.93. The number of nitrogens with zero attached hydrogens (tertiary/aromatic N) is 1. The molecule has 1 aromatic rings. The lowest BCUT2D eigenvalue weighted by atomic mass is 10.1. The van der Waals surface area contributed by atoms with Crippen LogP contribution < -0.4 is 0 Å². The van der Waals surface area contributed by atoms with Crippen LogP contribution in [0.5, 0.6) is 0 Å². The molecule has 3 nitrogen and oxygen atoms in total. The number of hydrogen-bond acceptors (Lipinski definition) is 2. The van der Waals surface area contributed by atoms with Gasteiger partial charge >= 0.3 is 0 Å². The predicted molar refractivity (Wildman–Crippen MR) is 67.0 cm³/mol. The molecular weight excluding hydrogens is 238 g/mol. The van der Waals surface area contributed by atoms with Crippen molar-refractivity contribution in [2.75, 3.05) is 13.1 Å². The fourth-order valence-corrected chi connectivity index (χ4v) is 2.26. The number of likely N-dealkylation sites (tertiary alicyclic amines) is 1. The van der Waals surface area contributed by atoms with E-state index in [9.17, 15) is 9.90 Å². The van der Waals surface area contributed by atoms with Gasteiger partial charge in [-0.25, -0.2) is 0 Å². The van der Waals surface area contributed by atoms with E-state index in [4.69, 9.17) is 11.6 Å². The number of halogens is 1. The smallest absolute Gasteiger partial charge is 0.226 e. The molecule has 0 atom stereocenters. The SMILES string of the molecule is O=C(Cc1cccc(Cl)c1)N1CCC(O)CC1. The number of carbonyl (C=O) groups excluding carboxylic acids is 1. The van der Waals surface area contributed by atoms with E-state index < -0.39 is 0 Å². The van der Waals surface area contributed by atoms with Gasteiger partial charge in [-0.1, -0.05) is 23.7 Å². The van der Waals surface area contributed by atoms with Gasteiger partial charge < -0.3 is 10.0 Å². The Kier molecular flexibility index (Phi) is 4.02. The van der Waals surface area contributed by atoms with Crippen LogP contribution >= 0.6 is 11.6 Å². The minimum absolute atomic E-state index is 0.110. The summed E-state index contributed by atoms with van der Waals surface area (Å²) in [4.78, 5) is 13.8. The van der Waals surface area contributed by atoms with E-state index in [0.29, 0.717) is 37.4 Å². The number of amides is 1. The van der Waals surface area contributed by atoms with Crippen molar-refractivity contribution in [1.82, 2.24) is 4.90 Å². The van der Waals surface area contributed by atoms with E-state index in [1.807, 2.05) is 23.1 Å². The lowest BCUT2D eigenvalue weighted by Crippen LogP contribution is -2.40. The molecule has 92 valence electrons. The molecule has 2 rings (SSSR count). The van der Waals surface area contributed by atoms with Gasteiger partial charge in [-0.2, -0.15) is 0 Å². The van der Waals surface area contributed by atoms with Crippen LogP contribution in [0.15, 0.2) is 24.3 Å². The molecule has 0 radical (unpaired) electrons. The fraction of sp³-hybridized carbons (Fsp3) is 0.462. The number of benzene rings is 1. The van der Waals surface area contributed by atoms with Crippen LogP contribution in [0.4, 0.5) is 0 Å². The van der Waals surface area contributed by atoms with Crippen molar-refractivity contribution >= 4 is 17.5 Å². The lowest BCUT2D eigenvalue weighted by Gasteiger charge is -2.29. The first-order valence-corrected chi connectivity index (χ1v) is 6.23. The van der Waals surface area contributed by atoms with Crippen LogP contribution in [0, 0.1) is 0 Å². The summed E-state index contributed by atoms with van der Waals surface area (Å²) in [7, 11) is 0. The van der Waals surface area contributed by atoms with Crippen LogP contribution in [-0.2, 0) is 11.2 Å². The van der Waals surface area contributed by atoms with Crippen molar-refractivity contribution in [2.24, 2.45) is 0 Å². The van der Waals surface area contributed by atoms with Crippen LogP contribution in [0.2, 0.25) is 5.02 Å². The van der Waals surface area contributed by atoms with E-state index >= 15 is 0 Å². The molecule has 1 aromatic carbocycles. The topological polar surface area (TPSA) is 40.5 Å². The van der Waals surface area contributed by atoms with E-state index in [1.165, 1.54) is 0 Å². The lowest BCUT2D eigenvalue weighted by molar-refractivity contribution is -0.132. The Hall–Kier alpha value is -1.06. The highest BCUT2D eigenvalue weighted by Crippen LogP contribution is 2.14. The van der Waals surface area contributed by atoms with E-state index in [-0.39, 0.29) is 12.0 Å². The third-order valence-electron chi connectivity index (χ3n) is 3.06. The molecule has 17 heavy (non-hydrogen) atoms. The summed E-state index contributed by atoms with van der Waals surface area (Å²) >= 11 is 5.88. The first-order valence-electron chi connectivity index (χ1n) is 5.85. The summed E-state index contributed by atoms with van der Waals surface area (Å²) in [6, 6.07) is 7.37. The molecule has 1 aliphatic heterocycles. The maximum atomic E-state index is 12.0. The molecule has 1 fully saturated rings. The fourth-order valence-electron chi connectivity index (χ4n) is 2.05. The second kappa shape index (κ2) is 5.52. The zero-order valence-electron chi connectivity index (χ0n) is 9.60. The minimum Gasteiger partial charge on any atom is -0.393 e. The summed E-state index contributed by atoms with van der Waals surface area (Å²) in [5.41, 5.74) is 0.939. The van der Waals surface area contributed by atoms with Crippen molar-refractivity contribution in [1.29, 1.82) is 0 Å². The number of hydrogen-bond donors (Lipinski definition) is 1. The van der Waals surface area contributed by atoms with Crippen LogP contribution in [-0.4, -0.2) is 35.1 Å². The third-order valence-corrected chi connectivity index (χ3v) is 3.30. The molecule has 0 aromatic heterocycles. The van der Waals surface area contributed by atoms with Crippen molar-refractivity contribution in [3.05, 3.63) is 34.9 Å². The molecule has 0 spiro atoms. The van der Waals surface area contributed by atoms with Crippen molar-refractivity contribution < 1.29 is 9.90 Å². The Labute approximate surface area is 106 Å². The predicted octanol–water partition coefficient (Wildman–Crippen LogP) is 1.87. The van der Waals surface area contributed by atoms with Gasteiger partial charge in [0.05, 0.1) is 12.5 Å². The zero-order valence-corrected chi connectivity index (χ0v) is 10.4. The maximum absolute atomic E-state index is 12.0. The molecule has 1 N–H and O–H groups in total. The van der Waals surface area contributed by atoms with Crippen molar-refractivity contribution in [3.8, 4) is 0 Å². The zero-order chi connectivity index (χ0) is 12.3. The number of carbonyl (C=O) groups is 1. The highest BCUT2D eigenvalue weighted by atomic mass is 35.5. The minimum atomic E-state index is -0.245. The summed E-state index contributed by atoms with van der Waals surface area (Å²) in [5, 5.41) is 10.0. The highest BCUT2D eigenvalue weighted by molar-refractivity contribution is 6.30. The number of piperidine rings is 1.